The molecule has 5 heteroatoms. The quantitative estimate of drug-likeness (QED) is 0.287. The maximum atomic E-state index is 11.0. The van der Waals surface area contributed by atoms with Crippen LogP contribution in [-0.2, 0) is 0 Å². The lowest BCUT2D eigenvalue weighted by molar-refractivity contribution is -0.0000114. The summed E-state index contributed by atoms with van der Waals surface area (Å²) in [6.07, 6.45) is 0. The normalized spacial score (nSPS) is 10.4. The molecule has 0 spiro atoms. The van der Waals surface area contributed by atoms with Crippen LogP contribution in [0.4, 0.5) is 5.69 Å². The summed E-state index contributed by atoms with van der Waals surface area (Å²) in [5, 5.41) is 8.41. The molecule has 0 heterocycles. The number of benzene rings is 1. The average molecular weight is 322 g/mol. The minimum Gasteiger partial charge on any atom is -1.00 e. The molecule has 1 aromatic rings. The van der Waals surface area contributed by atoms with Gasteiger partial charge in [-0.3, -0.25) is 14.5 Å². The third-order valence-corrected chi connectivity index (χ3v) is 2.01. The first-order valence-corrected chi connectivity index (χ1v) is 4.31. The van der Waals surface area contributed by atoms with E-state index in [2.05, 4.69) is 0 Å². The van der Waals surface area contributed by atoms with Crippen molar-refractivity contribution in [2.45, 2.75) is 0 Å². The zero-order chi connectivity index (χ0) is 10.8. The van der Waals surface area contributed by atoms with Gasteiger partial charge < -0.3 is 24.0 Å². The summed E-state index contributed by atoms with van der Waals surface area (Å²) >= 11 is 0. The first kappa shape index (κ1) is 14.3. The minimum atomic E-state index is -0.488. The van der Waals surface area contributed by atoms with Crippen molar-refractivity contribution in [2.75, 3.05) is 21.1 Å². The second kappa shape index (κ2) is 5.43. The van der Waals surface area contributed by atoms with E-state index in [0.29, 0.717) is 10.0 Å². The van der Waals surface area contributed by atoms with E-state index >= 15 is 0 Å². The minimum absolute atomic E-state index is 0. The molecule has 4 nitrogen and oxygen atoms in total. The van der Waals surface area contributed by atoms with E-state index in [1.807, 2.05) is 33.3 Å². The van der Waals surface area contributed by atoms with E-state index in [0.717, 1.165) is 5.69 Å². The molecule has 0 saturated carbocycles. The van der Waals surface area contributed by atoms with Crippen molar-refractivity contribution in [3.05, 3.63) is 29.8 Å². The average Bonchev–Trinajstić information content (AvgIpc) is 2.15. The van der Waals surface area contributed by atoms with Gasteiger partial charge in [0.1, 0.15) is 5.69 Å². The van der Waals surface area contributed by atoms with Gasteiger partial charge in [0.05, 0.1) is 21.1 Å². The third-order valence-electron chi connectivity index (χ3n) is 2.01. The van der Waals surface area contributed by atoms with Crippen molar-refractivity contribution in [3.8, 4) is 0 Å². The van der Waals surface area contributed by atoms with Crippen molar-refractivity contribution in [1.82, 2.24) is 9.96 Å². The fourth-order valence-electron chi connectivity index (χ4n) is 1.12. The fraction of sp³-hybridized carbons (Fsp3) is 0.300. The number of carbonyl (C=O) groups is 1. The molecule has 0 aliphatic heterocycles. The molecule has 0 aliphatic carbocycles. The number of carbonyl (C=O) groups excluding carboxylic acids is 1. The molecule has 2 N–H and O–H groups in total. The number of nitrogens with zero attached hydrogens (tertiary/aromatic N) is 1. The van der Waals surface area contributed by atoms with E-state index in [-0.39, 0.29) is 24.0 Å². The van der Waals surface area contributed by atoms with Crippen LogP contribution in [0.1, 0.15) is 10.4 Å². The Labute approximate surface area is 106 Å². The van der Waals surface area contributed by atoms with E-state index in [9.17, 15) is 4.79 Å². The summed E-state index contributed by atoms with van der Waals surface area (Å²) in [4.78, 5) is 11.0. The summed E-state index contributed by atoms with van der Waals surface area (Å²) in [7, 11) is 6.13. The van der Waals surface area contributed by atoms with Crippen LogP contribution in [-0.4, -0.2) is 32.3 Å². The van der Waals surface area contributed by atoms with Gasteiger partial charge in [-0.05, 0) is 24.3 Å². The molecular weight excluding hydrogens is 307 g/mol. The summed E-state index contributed by atoms with van der Waals surface area (Å²) < 4.78 is 0.695. The number of hydrogen-bond donors (Lipinski definition) is 2. The molecule has 0 atom stereocenters. The van der Waals surface area contributed by atoms with Crippen LogP contribution in [0.2, 0.25) is 0 Å². The van der Waals surface area contributed by atoms with Crippen LogP contribution in [0, 0.1) is 0 Å². The number of nitrogens with one attached hydrogen (secondary N) is 1. The highest BCUT2D eigenvalue weighted by Crippen LogP contribution is 2.16. The number of hydroxylamine groups is 1. The van der Waals surface area contributed by atoms with Gasteiger partial charge in [-0.15, -0.1) is 0 Å². The Morgan fingerprint density at radius 2 is 1.67 bits per heavy atom. The molecule has 0 aromatic heterocycles. The molecule has 0 radical (unpaired) electrons. The Morgan fingerprint density at radius 1 is 1.20 bits per heavy atom. The largest absolute Gasteiger partial charge is 1.00 e. The number of amides is 1. The van der Waals surface area contributed by atoms with Gasteiger partial charge in [-0.25, -0.2) is 5.48 Å². The topological polar surface area (TPSA) is 49.3 Å². The molecule has 15 heavy (non-hydrogen) atoms. The van der Waals surface area contributed by atoms with Crippen LogP contribution >= 0.6 is 0 Å². The summed E-state index contributed by atoms with van der Waals surface area (Å²) in [5.41, 5.74) is 3.14. The zero-order valence-corrected chi connectivity index (χ0v) is 11.1. The predicted octanol–water partition coefficient (Wildman–Crippen LogP) is -1.99. The van der Waals surface area contributed by atoms with Crippen LogP contribution in [0.15, 0.2) is 24.3 Å². The van der Waals surface area contributed by atoms with Crippen molar-refractivity contribution in [2.24, 2.45) is 0 Å². The highest BCUT2D eigenvalue weighted by molar-refractivity contribution is 5.93. The standard InChI is InChI=1S/C10H14N2O2.HI/c1-12(2,3)9-6-4-8(5-7-9)10(13)11-14;/h4-7H,1-3H3,(H-,11,13,14);1H. The van der Waals surface area contributed by atoms with Gasteiger partial charge in [0.2, 0.25) is 0 Å². The fourth-order valence-corrected chi connectivity index (χ4v) is 1.12. The lowest BCUT2D eigenvalue weighted by Crippen LogP contribution is -3.00. The van der Waals surface area contributed by atoms with Crippen LogP contribution < -0.4 is 33.9 Å². The molecule has 84 valence electrons. The molecule has 1 rings (SSSR count). The van der Waals surface area contributed by atoms with E-state index in [1.165, 1.54) is 0 Å². The smallest absolute Gasteiger partial charge is 0.274 e. The predicted molar refractivity (Wildman–Crippen MR) is 55.3 cm³/mol. The Hall–Kier alpha value is -0.660. The van der Waals surface area contributed by atoms with Gasteiger partial charge in [0.25, 0.3) is 5.91 Å². The molecule has 0 saturated heterocycles. The summed E-state index contributed by atoms with van der Waals surface area (Å²) in [6, 6.07) is 7.10. The number of rotatable bonds is 2. The first-order chi connectivity index (χ1) is 6.45. The lowest BCUT2D eigenvalue weighted by Gasteiger charge is -2.23. The van der Waals surface area contributed by atoms with Crippen LogP contribution in [0.3, 0.4) is 0 Å². The Balaban J connectivity index is 0.00000196. The first-order valence-electron chi connectivity index (χ1n) is 4.31. The highest BCUT2D eigenvalue weighted by Gasteiger charge is 2.12. The molecule has 0 fully saturated rings. The second-order valence-electron chi connectivity index (χ2n) is 4.00. The number of hydrogen-bond acceptors (Lipinski definition) is 2. The maximum absolute atomic E-state index is 11.0. The van der Waals surface area contributed by atoms with E-state index in [1.54, 1.807) is 17.6 Å². The number of quaternary nitrogens is 1. The third kappa shape index (κ3) is 3.77. The summed E-state index contributed by atoms with van der Waals surface area (Å²) in [6.45, 7) is 0. The molecule has 0 unspecified atom stereocenters. The molecule has 1 amide bonds. The Kier molecular flexibility index (Phi) is 5.19. The van der Waals surface area contributed by atoms with Gasteiger partial charge >= 0.3 is 0 Å². The van der Waals surface area contributed by atoms with Crippen molar-refractivity contribution < 1.29 is 34.0 Å². The van der Waals surface area contributed by atoms with Crippen molar-refractivity contribution in [1.29, 1.82) is 0 Å². The monoisotopic (exact) mass is 322 g/mol. The van der Waals surface area contributed by atoms with Crippen molar-refractivity contribution >= 4 is 11.6 Å². The van der Waals surface area contributed by atoms with Crippen LogP contribution in [0.25, 0.3) is 0 Å². The van der Waals surface area contributed by atoms with Crippen LogP contribution in [0.5, 0.6) is 0 Å². The highest BCUT2D eigenvalue weighted by atomic mass is 127. The molecule has 0 bridgehead atoms. The van der Waals surface area contributed by atoms with Gasteiger partial charge in [-0.2, -0.15) is 0 Å². The Morgan fingerprint density at radius 3 is 2.00 bits per heavy atom. The van der Waals surface area contributed by atoms with Crippen molar-refractivity contribution in [3.63, 3.8) is 0 Å². The van der Waals surface area contributed by atoms with Gasteiger partial charge in [-0.1, -0.05) is 0 Å². The number of halogens is 1. The SMILES string of the molecule is C[N+](C)(C)c1ccc(C(=O)NO)cc1.[I-]. The van der Waals surface area contributed by atoms with E-state index < -0.39 is 5.91 Å². The zero-order valence-electron chi connectivity index (χ0n) is 8.99. The molecule has 1 aromatic carbocycles. The van der Waals surface area contributed by atoms with E-state index in [4.69, 9.17) is 5.21 Å². The molecule has 0 aliphatic rings. The van der Waals surface area contributed by atoms with Gasteiger partial charge in [0.15, 0.2) is 0 Å². The lowest BCUT2D eigenvalue weighted by atomic mass is 10.2. The Bertz CT molecular complexity index is 330. The molecular formula is C10H15IN2O2. The van der Waals surface area contributed by atoms with Gasteiger partial charge in [0, 0.05) is 5.56 Å². The second-order valence-corrected chi connectivity index (χ2v) is 4.00. The maximum Gasteiger partial charge on any atom is 0.274 e. The summed E-state index contributed by atoms with van der Waals surface area (Å²) in [5.74, 6) is -0.488.